The molecule has 0 aliphatic rings. The van der Waals surface area contributed by atoms with E-state index in [1.54, 1.807) is 12.2 Å². The van der Waals surface area contributed by atoms with E-state index in [-0.39, 0.29) is 12.6 Å². The number of rotatable bonds is 16. The Morgan fingerprint density at radius 2 is 1.24 bits per heavy atom. The first kappa shape index (κ1) is 19.8. The van der Waals surface area contributed by atoms with Gasteiger partial charge in [-0.2, -0.15) is 0 Å². The zero-order valence-electron chi connectivity index (χ0n) is 12.9. The number of esters is 1. The van der Waals surface area contributed by atoms with Crippen LogP contribution in [0.25, 0.3) is 0 Å². The van der Waals surface area contributed by atoms with E-state index in [4.69, 9.17) is 18.9 Å². The van der Waals surface area contributed by atoms with Crippen molar-refractivity contribution in [3.8, 4) is 0 Å². The Hall–Kier alpha value is -1.17. The normalized spacial score (nSPS) is 10.3. The van der Waals surface area contributed by atoms with Crippen molar-refractivity contribution in [1.82, 2.24) is 0 Å². The fourth-order valence-corrected chi connectivity index (χ4v) is 1.43. The average Bonchev–Trinajstić information content (AvgIpc) is 2.49. The van der Waals surface area contributed by atoms with Gasteiger partial charge in [-0.15, -0.1) is 13.2 Å². The molecule has 0 rings (SSSR count). The number of hydrogen-bond donors (Lipinski definition) is 0. The second-order valence-electron chi connectivity index (χ2n) is 4.41. The molecule has 0 bridgehead atoms. The van der Waals surface area contributed by atoms with E-state index in [0.29, 0.717) is 39.6 Å². The SMILES string of the molecule is C=CCOCCCCOCC(=O)OCCCCOCC=C. The number of ether oxygens (including phenoxy) is 4. The van der Waals surface area contributed by atoms with Crippen molar-refractivity contribution < 1.29 is 23.7 Å². The van der Waals surface area contributed by atoms with E-state index in [1.807, 2.05) is 0 Å². The van der Waals surface area contributed by atoms with Crippen molar-refractivity contribution >= 4 is 5.97 Å². The minimum atomic E-state index is -0.315. The lowest BCUT2D eigenvalue weighted by molar-refractivity contribution is -0.149. The fraction of sp³-hybridized carbons (Fsp3) is 0.688. The van der Waals surface area contributed by atoms with Crippen LogP contribution in [0.4, 0.5) is 0 Å². The molecule has 0 aromatic carbocycles. The summed E-state index contributed by atoms with van der Waals surface area (Å²) in [4.78, 5) is 11.3. The third-order valence-corrected chi connectivity index (χ3v) is 2.46. The van der Waals surface area contributed by atoms with E-state index in [9.17, 15) is 4.79 Å². The van der Waals surface area contributed by atoms with Crippen LogP contribution in [0.3, 0.4) is 0 Å². The molecule has 122 valence electrons. The van der Waals surface area contributed by atoms with Gasteiger partial charge in [0.2, 0.25) is 0 Å². The van der Waals surface area contributed by atoms with Gasteiger partial charge in [0.15, 0.2) is 0 Å². The molecule has 0 aliphatic heterocycles. The van der Waals surface area contributed by atoms with Gasteiger partial charge in [-0.25, -0.2) is 4.79 Å². The Balaban J connectivity index is 3.16. The molecular weight excluding hydrogens is 272 g/mol. The molecular formula is C16H28O5. The van der Waals surface area contributed by atoms with Gasteiger partial charge < -0.3 is 18.9 Å². The van der Waals surface area contributed by atoms with Gasteiger partial charge in [-0.3, -0.25) is 0 Å². The van der Waals surface area contributed by atoms with E-state index in [2.05, 4.69) is 13.2 Å². The molecule has 0 saturated heterocycles. The first-order valence-electron chi connectivity index (χ1n) is 7.42. The van der Waals surface area contributed by atoms with E-state index in [1.165, 1.54) is 0 Å². The summed E-state index contributed by atoms with van der Waals surface area (Å²) in [5.74, 6) is -0.315. The van der Waals surface area contributed by atoms with Crippen molar-refractivity contribution in [3.63, 3.8) is 0 Å². The Morgan fingerprint density at radius 1 is 0.762 bits per heavy atom. The molecule has 0 N–H and O–H groups in total. The molecule has 0 aromatic heterocycles. The highest BCUT2D eigenvalue weighted by Crippen LogP contribution is 1.95. The Bertz CT molecular complexity index is 265. The first-order valence-corrected chi connectivity index (χ1v) is 7.42. The van der Waals surface area contributed by atoms with Gasteiger partial charge in [-0.1, -0.05) is 12.2 Å². The molecule has 0 spiro atoms. The van der Waals surface area contributed by atoms with Gasteiger partial charge in [0.1, 0.15) is 6.61 Å². The highest BCUT2D eigenvalue weighted by molar-refractivity contribution is 5.70. The fourth-order valence-electron chi connectivity index (χ4n) is 1.43. The maximum Gasteiger partial charge on any atom is 0.332 e. The van der Waals surface area contributed by atoms with E-state index < -0.39 is 0 Å². The quantitative estimate of drug-likeness (QED) is 0.249. The molecule has 5 heteroatoms. The number of carbonyl (C=O) groups is 1. The third kappa shape index (κ3) is 16.8. The second kappa shape index (κ2) is 16.9. The predicted molar refractivity (Wildman–Crippen MR) is 82.3 cm³/mol. The summed E-state index contributed by atoms with van der Waals surface area (Å²) in [5, 5.41) is 0. The second-order valence-corrected chi connectivity index (χ2v) is 4.41. The molecule has 5 nitrogen and oxygen atoms in total. The van der Waals surface area contributed by atoms with Crippen LogP contribution < -0.4 is 0 Å². The van der Waals surface area contributed by atoms with Gasteiger partial charge in [0, 0.05) is 19.8 Å². The summed E-state index contributed by atoms with van der Waals surface area (Å²) in [6.07, 6.45) is 6.87. The average molecular weight is 300 g/mol. The lowest BCUT2D eigenvalue weighted by Gasteiger charge is -2.06. The van der Waals surface area contributed by atoms with Crippen molar-refractivity contribution in [3.05, 3.63) is 25.3 Å². The van der Waals surface area contributed by atoms with Gasteiger partial charge in [0.05, 0.1) is 19.8 Å². The Labute approximate surface area is 127 Å². The number of hydrogen-bond acceptors (Lipinski definition) is 5. The predicted octanol–water partition coefficient (Wildman–Crippen LogP) is 2.51. The zero-order valence-corrected chi connectivity index (χ0v) is 12.9. The number of carbonyl (C=O) groups excluding carboxylic acids is 1. The molecule has 0 aliphatic carbocycles. The van der Waals surface area contributed by atoms with Crippen molar-refractivity contribution in [2.24, 2.45) is 0 Å². The minimum absolute atomic E-state index is 0.0144. The molecule has 0 heterocycles. The van der Waals surface area contributed by atoms with Crippen LogP contribution >= 0.6 is 0 Å². The standard InChI is InChI=1S/C16H28O5/c1-3-9-18-11-5-6-13-20-15-16(17)21-14-8-7-12-19-10-4-2/h3-4H,1-2,5-15H2. The Kier molecular flexibility index (Phi) is 15.9. The summed E-state index contributed by atoms with van der Waals surface area (Å²) < 4.78 is 20.7. The van der Waals surface area contributed by atoms with Crippen LogP contribution in [0.5, 0.6) is 0 Å². The van der Waals surface area contributed by atoms with Crippen molar-refractivity contribution in [2.45, 2.75) is 25.7 Å². The van der Waals surface area contributed by atoms with E-state index in [0.717, 1.165) is 25.7 Å². The smallest absolute Gasteiger partial charge is 0.332 e. The zero-order chi connectivity index (χ0) is 15.6. The van der Waals surface area contributed by atoms with Gasteiger partial charge >= 0.3 is 5.97 Å². The highest BCUT2D eigenvalue weighted by Gasteiger charge is 2.02. The van der Waals surface area contributed by atoms with Crippen LogP contribution in [0.1, 0.15) is 25.7 Å². The van der Waals surface area contributed by atoms with Crippen LogP contribution in [-0.2, 0) is 23.7 Å². The molecule has 0 fully saturated rings. The topological polar surface area (TPSA) is 54.0 Å². The highest BCUT2D eigenvalue weighted by atomic mass is 16.6. The van der Waals surface area contributed by atoms with Gasteiger partial charge in [-0.05, 0) is 25.7 Å². The summed E-state index contributed by atoms with van der Waals surface area (Å²) in [5.41, 5.74) is 0. The van der Waals surface area contributed by atoms with Crippen molar-refractivity contribution in [2.75, 3.05) is 46.2 Å². The van der Waals surface area contributed by atoms with Crippen molar-refractivity contribution in [1.29, 1.82) is 0 Å². The molecule has 0 unspecified atom stereocenters. The monoisotopic (exact) mass is 300 g/mol. The summed E-state index contributed by atoms with van der Waals surface area (Å²) in [7, 11) is 0. The minimum Gasteiger partial charge on any atom is -0.464 e. The van der Waals surface area contributed by atoms with Gasteiger partial charge in [0.25, 0.3) is 0 Å². The largest absolute Gasteiger partial charge is 0.464 e. The lowest BCUT2D eigenvalue weighted by Crippen LogP contribution is -2.14. The summed E-state index contributed by atoms with van der Waals surface area (Å²) in [6, 6.07) is 0. The molecule has 0 aromatic rings. The lowest BCUT2D eigenvalue weighted by atomic mass is 10.3. The van der Waals surface area contributed by atoms with Crippen LogP contribution in [0.2, 0.25) is 0 Å². The summed E-state index contributed by atoms with van der Waals surface area (Å²) in [6.45, 7) is 10.6. The first-order chi connectivity index (χ1) is 10.3. The summed E-state index contributed by atoms with van der Waals surface area (Å²) >= 11 is 0. The van der Waals surface area contributed by atoms with Crippen LogP contribution in [0, 0.1) is 0 Å². The molecule has 0 radical (unpaired) electrons. The van der Waals surface area contributed by atoms with Crippen LogP contribution in [0.15, 0.2) is 25.3 Å². The van der Waals surface area contributed by atoms with Crippen LogP contribution in [-0.4, -0.2) is 52.2 Å². The molecule has 21 heavy (non-hydrogen) atoms. The molecule has 0 atom stereocenters. The maximum absolute atomic E-state index is 11.3. The Morgan fingerprint density at radius 3 is 1.76 bits per heavy atom. The molecule has 0 saturated carbocycles. The maximum atomic E-state index is 11.3. The third-order valence-electron chi connectivity index (χ3n) is 2.46. The number of unbranched alkanes of at least 4 members (excludes halogenated alkanes) is 2. The molecule has 0 amide bonds. The van der Waals surface area contributed by atoms with E-state index >= 15 is 0 Å².